The summed E-state index contributed by atoms with van der Waals surface area (Å²) >= 11 is 0. The summed E-state index contributed by atoms with van der Waals surface area (Å²) in [6.45, 7) is 3.84. The average Bonchev–Trinajstić information content (AvgIpc) is 1.65. The minimum absolute atomic E-state index is 0.227. The highest BCUT2D eigenvalue weighted by Gasteiger charge is 2.00. The predicted octanol–water partition coefficient (Wildman–Crippen LogP) is 0.263. The van der Waals surface area contributed by atoms with E-state index in [1.807, 2.05) is 21.7 Å². The standard InChI is InChI=1S/C5H11BO/c1-4(2)5(7)3-6/h4H,3,6H2,1-2H3. The van der Waals surface area contributed by atoms with Crippen molar-refractivity contribution in [2.24, 2.45) is 5.92 Å². The number of rotatable bonds is 2. The van der Waals surface area contributed by atoms with Crippen molar-refractivity contribution < 1.29 is 4.79 Å². The van der Waals surface area contributed by atoms with Gasteiger partial charge in [-0.05, 0) is 6.32 Å². The summed E-state index contributed by atoms with van der Waals surface area (Å²) in [6, 6.07) is 0. The number of carbonyl (C=O) groups excluding carboxylic acids is 1. The van der Waals surface area contributed by atoms with Gasteiger partial charge in [0.15, 0.2) is 0 Å². The highest BCUT2D eigenvalue weighted by atomic mass is 16.1. The first kappa shape index (κ1) is 6.73. The van der Waals surface area contributed by atoms with Crippen molar-refractivity contribution in [3.8, 4) is 0 Å². The topological polar surface area (TPSA) is 17.1 Å². The zero-order valence-corrected chi connectivity index (χ0v) is 5.19. The average molecular weight is 98.0 g/mol. The first-order chi connectivity index (χ1) is 3.18. The molecule has 0 aliphatic rings. The van der Waals surface area contributed by atoms with Crippen LogP contribution in [0.3, 0.4) is 0 Å². The van der Waals surface area contributed by atoms with Gasteiger partial charge in [-0.2, -0.15) is 0 Å². The van der Waals surface area contributed by atoms with Crippen molar-refractivity contribution in [2.45, 2.75) is 20.2 Å². The van der Waals surface area contributed by atoms with Crippen LogP contribution < -0.4 is 0 Å². The third kappa shape index (κ3) is 2.43. The Balaban J connectivity index is 3.35. The van der Waals surface area contributed by atoms with E-state index in [-0.39, 0.29) is 5.92 Å². The minimum atomic E-state index is 0.227. The molecule has 0 aromatic heterocycles. The molecule has 7 heavy (non-hydrogen) atoms. The summed E-state index contributed by atoms with van der Waals surface area (Å²) in [5, 5.41) is 0. The highest BCUT2D eigenvalue weighted by molar-refractivity contribution is 6.20. The van der Waals surface area contributed by atoms with Gasteiger partial charge in [-0.15, -0.1) is 0 Å². The number of hydrogen-bond acceptors (Lipinski definition) is 1. The second-order valence-electron chi connectivity index (χ2n) is 1.97. The van der Waals surface area contributed by atoms with Gasteiger partial charge in [0.2, 0.25) is 0 Å². The largest absolute Gasteiger partial charge is 0.300 e. The Morgan fingerprint density at radius 2 is 2.14 bits per heavy atom. The fourth-order valence-corrected chi connectivity index (χ4v) is 0.408. The Bertz CT molecular complexity index is 68.5. The first-order valence-electron chi connectivity index (χ1n) is 2.71. The van der Waals surface area contributed by atoms with Crippen LogP contribution in [-0.2, 0) is 4.79 Å². The maximum atomic E-state index is 10.5. The maximum Gasteiger partial charge on any atom is 0.127 e. The normalized spacial score (nSPS) is 9.57. The van der Waals surface area contributed by atoms with E-state index in [1.54, 1.807) is 0 Å². The van der Waals surface area contributed by atoms with Gasteiger partial charge in [0.1, 0.15) is 13.6 Å². The lowest BCUT2D eigenvalue weighted by atomic mass is 9.94. The molecule has 0 aliphatic heterocycles. The van der Waals surface area contributed by atoms with Crippen LogP contribution >= 0.6 is 0 Å². The van der Waals surface area contributed by atoms with Crippen LogP contribution in [0.15, 0.2) is 0 Å². The molecule has 0 N–H and O–H groups in total. The fraction of sp³-hybridized carbons (Fsp3) is 0.800. The molecule has 0 amide bonds. The second-order valence-corrected chi connectivity index (χ2v) is 1.97. The lowest BCUT2D eigenvalue weighted by Crippen LogP contribution is -2.04. The summed E-state index contributed by atoms with van der Waals surface area (Å²) in [7, 11) is 1.89. The number of Topliss-reactive ketones (excluding diaryl/α,β-unsaturated/α-hetero) is 1. The molecule has 0 unspecified atom stereocenters. The quantitative estimate of drug-likeness (QED) is 0.453. The molecule has 0 aromatic carbocycles. The van der Waals surface area contributed by atoms with E-state index in [9.17, 15) is 4.79 Å². The van der Waals surface area contributed by atoms with Crippen molar-refractivity contribution in [2.75, 3.05) is 0 Å². The van der Waals surface area contributed by atoms with Crippen LogP contribution in [0.5, 0.6) is 0 Å². The molecule has 0 saturated heterocycles. The molecule has 0 atom stereocenters. The molecular weight excluding hydrogens is 86.9 g/mol. The Kier molecular flexibility index (Phi) is 2.73. The lowest BCUT2D eigenvalue weighted by molar-refractivity contribution is -0.119. The summed E-state index contributed by atoms with van der Waals surface area (Å²) < 4.78 is 0. The summed E-state index contributed by atoms with van der Waals surface area (Å²) in [5.41, 5.74) is 0. The molecule has 0 spiro atoms. The van der Waals surface area contributed by atoms with Crippen molar-refractivity contribution in [3.63, 3.8) is 0 Å². The first-order valence-corrected chi connectivity index (χ1v) is 2.71. The van der Waals surface area contributed by atoms with Crippen LogP contribution in [0.25, 0.3) is 0 Å². The molecule has 0 rings (SSSR count). The van der Waals surface area contributed by atoms with Gasteiger partial charge in [-0.1, -0.05) is 13.8 Å². The van der Waals surface area contributed by atoms with Crippen molar-refractivity contribution in [3.05, 3.63) is 0 Å². The molecule has 0 bridgehead atoms. The molecule has 40 valence electrons. The van der Waals surface area contributed by atoms with Crippen LogP contribution in [-0.4, -0.2) is 13.6 Å². The van der Waals surface area contributed by atoms with E-state index in [4.69, 9.17) is 0 Å². The van der Waals surface area contributed by atoms with E-state index >= 15 is 0 Å². The number of ketones is 1. The third-order valence-corrected chi connectivity index (χ3v) is 0.992. The molecule has 2 heteroatoms. The van der Waals surface area contributed by atoms with Gasteiger partial charge in [-0.3, -0.25) is 0 Å². The Labute approximate surface area is 45.5 Å². The van der Waals surface area contributed by atoms with Crippen LogP contribution in [0, 0.1) is 5.92 Å². The molecular formula is C5H11BO. The molecule has 0 aromatic rings. The molecule has 0 saturated carbocycles. The summed E-state index contributed by atoms with van der Waals surface area (Å²) in [4.78, 5) is 10.5. The van der Waals surface area contributed by atoms with Gasteiger partial charge in [0, 0.05) is 5.92 Å². The zero-order valence-electron chi connectivity index (χ0n) is 5.19. The Morgan fingerprint density at radius 3 is 2.14 bits per heavy atom. The van der Waals surface area contributed by atoms with E-state index in [0.717, 1.165) is 0 Å². The van der Waals surface area contributed by atoms with Crippen LogP contribution in [0.2, 0.25) is 6.32 Å². The summed E-state index contributed by atoms with van der Waals surface area (Å²) in [5.74, 6) is 0.574. The van der Waals surface area contributed by atoms with Gasteiger partial charge in [0.25, 0.3) is 0 Å². The minimum Gasteiger partial charge on any atom is -0.300 e. The van der Waals surface area contributed by atoms with E-state index < -0.39 is 0 Å². The lowest BCUT2D eigenvalue weighted by Gasteiger charge is -1.96. The number of hydrogen-bond donors (Lipinski definition) is 0. The van der Waals surface area contributed by atoms with Gasteiger partial charge in [0.05, 0.1) is 0 Å². The third-order valence-electron chi connectivity index (χ3n) is 0.992. The van der Waals surface area contributed by atoms with E-state index in [0.29, 0.717) is 12.1 Å². The van der Waals surface area contributed by atoms with Gasteiger partial charge >= 0.3 is 0 Å². The van der Waals surface area contributed by atoms with Crippen molar-refractivity contribution in [1.82, 2.24) is 0 Å². The monoisotopic (exact) mass is 98.1 g/mol. The van der Waals surface area contributed by atoms with Crippen LogP contribution in [0.1, 0.15) is 13.8 Å². The molecule has 0 fully saturated rings. The maximum absolute atomic E-state index is 10.5. The molecule has 0 aliphatic carbocycles. The predicted molar refractivity (Wildman–Crippen MR) is 33.2 cm³/mol. The van der Waals surface area contributed by atoms with E-state index in [1.165, 1.54) is 0 Å². The molecule has 0 heterocycles. The number of carbonyl (C=O) groups is 1. The second kappa shape index (κ2) is 2.83. The SMILES string of the molecule is BCC(=O)C(C)C. The Morgan fingerprint density at radius 1 is 1.71 bits per heavy atom. The van der Waals surface area contributed by atoms with Gasteiger partial charge in [-0.25, -0.2) is 0 Å². The fourth-order valence-electron chi connectivity index (χ4n) is 0.408. The van der Waals surface area contributed by atoms with Gasteiger partial charge < -0.3 is 4.79 Å². The Hall–Kier alpha value is -0.265. The van der Waals surface area contributed by atoms with Crippen molar-refractivity contribution >= 4 is 13.6 Å². The van der Waals surface area contributed by atoms with E-state index in [2.05, 4.69) is 0 Å². The van der Waals surface area contributed by atoms with Crippen LogP contribution in [0.4, 0.5) is 0 Å². The highest BCUT2D eigenvalue weighted by Crippen LogP contribution is 1.94. The molecule has 0 radical (unpaired) electrons. The summed E-state index contributed by atoms with van der Waals surface area (Å²) in [6.07, 6.45) is 0.678. The molecule has 1 nitrogen and oxygen atoms in total. The van der Waals surface area contributed by atoms with Crippen molar-refractivity contribution in [1.29, 1.82) is 0 Å². The smallest absolute Gasteiger partial charge is 0.127 e. The zero-order chi connectivity index (χ0) is 5.86.